The predicted molar refractivity (Wildman–Crippen MR) is 79.3 cm³/mol. The number of rotatable bonds is 1. The fraction of sp³-hybridized carbons (Fsp3) is 0.562. The van der Waals surface area contributed by atoms with Crippen LogP contribution in [-0.2, 0) is 10.8 Å². The second-order valence-electron chi connectivity index (χ2n) is 6.78. The first kappa shape index (κ1) is 14.7. The summed E-state index contributed by atoms with van der Waals surface area (Å²) in [6.07, 6.45) is 1.72. The lowest BCUT2D eigenvalue weighted by Gasteiger charge is -2.26. The Labute approximate surface area is 111 Å². The number of phenolic OH excluding ortho intramolecular Hbond substituents is 1. The Morgan fingerprint density at radius 3 is 1.94 bits per heavy atom. The van der Waals surface area contributed by atoms with E-state index in [9.17, 15) is 5.11 Å². The van der Waals surface area contributed by atoms with Crippen LogP contribution in [0, 0.1) is 0 Å². The maximum absolute atomic E-state index is 10.3. The summed E-state index contributed by atoms with van der Waals surface area (Å²) >= 11 is 0. The van der Waals surface area contributed by atoms with Crippen molar-refractivity contribution in [3.8, 4) is 5.75 Å². The van der Waals surface area contributed by atoms with Crippen molar-refractivity contribution in [1.82, 2.24) is 0 Å². The van der Waals surface area contributed by atoms with E-state index in [2.05, 4.69) is 52.6 Å². The van der Waals surface area contributed by atoms with E-state index in [1.54, 1.807) is 6.21 Å². The Bertz CT molecular complexity index is 459. The Balaban J connectivity index is 3.57. The largest absolute Gasteiger partial charge is 0.505 e. The van der Waals surface area contributed by atoms with E-state index in [0.29, 0.717) is 11.4 Å². The maximum atomic E-state index is 10.3. The number of aliphatic imine (C=N–C) groups is 1. The molecule has 0 fully saturated rings. The monoisotopic (exact) mass is 247 g/mol. The van der Waals surface area contributed by atoms with Gasteiger partial charge in [-0.3, -0.25) is 4.99 Å². The smallest absolute Gasteiger partial charge is 0.144 e. The molecule has 1 N–H and O–H groups in total. The van der Waals surface area contributed by atoms with Crippen molar-refractivity contribution < 1.29 is 5.11 Å². The molecule has 0 radical (unpaired) electrons. The summed E-state index contributed by atoms with van der Waals surface area (Å²) < 4.78 is 0. The van der Waals surface area contributed by atoms with Gasteiger partial charge in [-0.2, -0.15) is 0 Å². The lowest BCUT2D eigenvalue weighted by atomic mass is 9.80. The molecule has 0 aromatic heterocycles. The van der Waals surface area contributed by atoms with Crippen LogP contribution in [0.2, 0.25) is 0 Å². The summed E-state index contributed by atoms with van der Waals surface area (Å²) in [5.74, 6) is 0.300. The van der Waals surface area contributed by atoms with Crippen molar-refractivity contribution in [1.29, 1.82) is 0 Å². The normalized spacial score (nSPS) is 13.3. The standard InChI is InChI=1S/C16H25NO/c1-8-17-13-10-11(15(2,3)4)9-12(14(13)18)16(5,6)7/h8-10,18H,1-7H3. The van der Waals surface area contributed by atoms with E-state index in [1.807, 2.05) is 13.0 Å². The predicted octanol–water partition coefficient (Wildman–Crippen LogP) is 4.71. The fourth-order valence-electron chi connectivity index (χ4n) is 1.86. The average molecular weight is 247 g/mol. The molecule has 0 spiro atoms. The van der Waals surface area contributed by atoms with E-state index < -0.39 is 0 Å². The van der Waals surface area contributed by atoms with Gasteiger partial charge in [-0.15, -0.1) is 0 Å². The highest BCUT2D eigenvalue weighted by Gasteiger charge is 2.24. The van der Waals surface area contributed by atoms with Gasteiger partial charge in [0.1, 0.15) is 11.4 Å². The zero-order chi connectivity index (χ0) is 14.1. The summed E-state index contributed by atoms with van der Waals surface area (Å²) in [6, 6.07) is 4.08. The Morgan fingerprint density at radius 2 is 1.56 bits per heavy atom. The average Bonchev–Trinajstić information content (AvgIpc) is 2.17. The quantitative estimate of drug-likeness (QED) is 0.716. The van der Waals surface area contributed by atoms with Gasteiger partial charge in [-0.25, -0.2) is 0 Å². The van der Waals surface area contributed by atoms with E-state index in [1.165, 1.54) is 5.56 Å². The second kappa shape index (κ2) is 4.75. The lowest BCUT2D eigenvalue weighted by molar-refractivity contribution is 0.446. The van der Waals surface area contributed by atoms with Crippen LogP contribution in [0.5, 0.6) is 5.75 Å². The van der Waals surface area contributed by atoms with Crippen LogP contribution in [0.1, 0.15) is 59.6 Å². The molecule has 0 heterocycles. The van der Waals surface area contributed by atoms with Gasteiger partial charge in [-0.1, -0.05) is 47.6 Å². The van der Waals surface area contributed by atoms with Gasteiger partial charge in [0.15, 0.2) is 0 Å². The zero-order valence-corrected chi connectivity index (χ0v) is 12.6. The minimum atomic E-state index is -0.0939. The summed E-state index contributed by atoms with van der Waals surface area (Å²) in [5, 5.41) is 10.3. The first-order valence-corrected chi connectivity index (χ1v) is 6.44. The van der Waals surface area contributed by atoms with Crippen LogP contribution >= 0.6 is 0 Å². The highest BCUT2D eigenvalue weighted by molar-refractivity contribution is 5.67. The van der Waals surface area contributed by atoms with Crippen LogP contribution in [0.4, 0.5) is 5.69 Å². The van der Waals surface area contributed by atoms with Crippen LogP contribution in [0.15, 0.2) is 17.1 Å². The number of aromatic hydroxyl groups is 1. The molecule has 1 rings (SSSR count). The Morgan fingerprint density at radius 1 is 1.00 bits per heavy atom. The minimum Gasteiger partial charge on any atom is -0.505 e. The van der Waals surface area contributed by atoms with Crippen molar-refractivity contribution in [2.75, 3.05) is 0 Å². The first-order chi connectivity index (χ1) is 8.07. The third-order valence-electron chi connectivity index (χ3n) is 3.03. The summed E-state index contributed by atoms with van der Waals surface area (Å²) in [6.45, 7) is 14.7. The Kier molecular flexibility index (Phi) is 3.89. The van der Waals surface area contributed by atoms with Gasteiger partial charge in [0.2, 0.25) is 0 Å². The maximum Gasteiger partial charge on any atom is 0.144 e. The van der Waals surface area contributed by atoms with E-state index in [-0.39, 0.29) is 10.8 Å². The topological polar surface area (TPSA) is 32.6 Å². The number of hydrogen-bond donors (Lipinski definition) is 1. The van der Waals surface area contributed by atoms with E-state index in [0.717, 1.165) is 5.56 Å². The van der Waals surface area contributed by atoms with Gasteiger partial charge < -0.3 is 5.11 Å². The molecule has 0 aliphatic carbocycles. The number of hydrogen-bond acceptors (Lipinski definition) is 2. The van der Waals surface area contributed by atoms with Crippen LogP contribution in [0.25, 0.3) is 0 Å². The van der Waals surface area contributed by atoms with Crippen molar-refractivity contribution >= 4 is 11.9 Å². The molecule has 0 unspecified atom stereocenters. The van der Waals surface area contributed by atoms with Gasteiger partial charge in [0.05, 0.1) is 0 Å². The number of phenols is 1. The number of benzene rings is 1. The molecule has 0 saturated heterocycles. The minimum absolute atomic E-state index is 0.0473. The summed E-state index contributed by atoms with van der Waals surface area (Å²) in [4.78, 5) is 4.28. The summed E-state index contributed by atoms with van der Waals surface area (Å²) in [5.41, 5.74) is 2.77. The molecule has 0 aliphatic heterocycles. The molecule has 1 aromatic rings. The van der Waals surface area contributed by atoms with Crippen LogP contribution in [-0.4, -0.2) is 11.3 Å². The molecule has 2 nitrogen and oxygen atoms in total. The highest BCUT2D eigenvalue weighted by atomic mass is 16.3. The molecule has 2 heteroatoms. The van der Waals surface area contributed by atoms with Gasteiger partial charge in [-0.05, 0) is 29.4 Å². The highest BCUT2D eigenvalue weighted by Crippen LogP contribution is 2.41. The van der Waals surface area contributed by atoms with Crippen LogP contribution < -0.4 is 0 Å². The van der Waals surface area contributed by atoms with Gasteiger partial charge in [0.25, 0.3) is 0 Å². The molecule has 18 heavy (non-hydrogen) atoms. The molecule has 0 amide bonds. The third-order valence-corrected chi connectivity index (χ3v) is 3.03. The SMILES string of the molecule is CC=Nc1cc(C(C)(C)C)cc(C(C)(C)C)c1O. The van der Waals surface area contributed by atoms with E-state index in [4.69, 9.17) is 0 Å². The molecular weight excluding hydrogens is 222 g/mol. The van der Waals surface area contributed by atoms with Crippen molar-refractivity contribution in [2.45, 2.75) is 59.3 Å². The summed E-state index contributed by atoms with van der Waals surface area (Å²) in [7, 11) is 0. The molecule has 0 saturated carbocycles. The molecular formula is C16H25NO. The first-order valence-electron chi connectivity index (χ1n) is 6.44. The van der Waals surface area contributed by atoms with E-state index >= 15 is 0 Å². The lowest BCUT2D eigenvalue weighted by Crippen LogP contribution is -2.16. The molecule has 0 bridgehead atoms. The molecule has 1 aromatic carbocycles. The zero-order valence-electron chi connectivity index (χ0n) is 12.6. The van der Waals surface area contributed by atoms with Gasteiger partial charge in [0, 0.05) is 11.8 Å². The fourth-order valence-corrected chi connectivity index (χ4v) is 1.86. The third kappa shape index (κ3) is 3.12. The molecule has 100 valence electrons. The van der Waals surface area contributed by atoms with Gasteiger partial charge >= 0.3 is 0 Å². The van der Waals surface area contributed by atoms with Crippen molar-refractivity contribution in [3.05, 3.63) is 23.3 Å². The Hall–Kier alpha value is -1.31. The van der Waals surface area contributed by atoms with Crippen LogP contribution in [0.3, 0.4) is 0 Å². The second-order valence-corrected chi connectivity index (χ2v) is 6.78. The molecule has 0 atom stereocenters. The van der Waals surface area contributed by atoms with Crippen molar-refractivity contribution in [3.63, 3.8) is 0 Å². The molecule has 0 aliphatic rings. The number of nitrogens with zero attached hydrogens (tertiary/aromatic N) is 1. The van der Waals surface area contributed by atoms with Crippen molar-refractivity contribution in [2.24, 2.45) is 4.99 Å².